The van der Waals surface area contributed by atoms with Crippen LogP contribution < -0.4 is 0 Å². The fourth-order valence-electron chi connectivity index (χ4n) is 1.42. The Bertz CT molecular complexity index is 482. The van der Waals surface area contributed by atoms with Crippen molar-refractivity contribution in [2.45, 2.75) is 6.92 Å². The molecule has 1 heterocycles. The van der Waals surface area contributed by atoms with Crippen molar-refractivity contribution < 1.29 is 18.0 Å². The van der Waals surface area contributed by atoms with Crippen LogP contribution in [-0.2, 0) is 0 Å². The molecule has 2 nitrogen and oxygen atoms in total. The molecule has 0 bridgehead atoms. The molecule has 1 unspecified atom stereocenters. The van der Waals surface area contributed by atoms with E-state index in [0.29, 0.717) is 6.07 Å². The van der Waals surface area contributed by atoms with E-state index in [1.807, 2.05) is 0 Å². The zero-order chi connectivity index (χ0) is 11.2. The predicted octanol–water partition coefficient (Wildman–Crippen LogP) is 2.64. The zero-order valence-electron chi connectivity index (χ0n) is 7.72. The molecule has 1 aromatic carbocycles. The smallest absolute Gasteiger partial charge is 0.176 e. The lowest BCUT2D eigenvalue weighted by Gasteiger charge is -2.15. The minimum absolute atomic E-state index is 0.384. The van der Waals surface area contributed by atoms with E-state index in [0.717, 1.165) is 0 Å². The standard InChI is InChI=1S/C10H6F3NO/c1-4-3-14-9-6(12)2-5(11)8(13)7(9)10(4)15/h2-4H,1H3. The van der Waals surface area contributed by atoms with Crippen LogP contribution in [0, 0.1) is 23.4 Å². The summed E-state index contributed by atoms with van der Waals surface area (Å²) in [4.78, 5) is 15.1. The van der Waals surface area contributed by atoms with Gasteiger partial charge in [-0.1, -0.05) is 6.92 Å². The minimum Gasteiger partial charge on any atom is -0.293 e. The lowest BCUT2D eigenvalue weighted by atomic mass is 9.95. The number of carbonyl (C=O) groups excluding carboxylic acids is 1. The molecule has 15 heavy (non-hydrogen) atoms. The summed E-state index contributed by atoms with van der Waals surface area (Å²) in [6.07, 6.45) is 1.21. The van der Waals surface area contributed by atoms with E-state index in [-0.39, 0.29) is 0 Å². The van der Waals surface area contributed by atoms with Crippen molar-refractivity contribution in [2.24, 2.45) is 10.9 Å². The Morgan fingerprint density at radius 1 is 1.27 bits per heavy atom. The van der Waals surface area contributed by atoms with Gasteiger partial charge >= 0.3 is 0 Å². The van der Waals surface area contributed by atoms with Crippen LogP contribution in [0.2, 0.25) is 0 Å². The highest BCUT2D eigenvalue weighted by molar-refractivity contribution is 6.12. The van der Waals surface area contributed by atoms with Crippen molar-refractivity contribution in [3.63, 3.8) is 0 Å². The Hall–Kier alpha value is -1.65. The fraction of sp³-hybridized carbons (Fsp3) is 0.200. The summed E-state index contributed by atoms with van der Waals surface area (Å²) in [7, 11) is 0. The van der Waals surface area contributed by atoms with Crippen LogP contribution in [0.4, 0.5) is 18.9 Å². The van der Waals surface area contributed by atoms with Gasteiger partial charge in [-0.3, -0.25) is 9.79 Å². The summed E-state index contributed by atoms with van der Waals surface area (Å²) >= 11 is 0. The number of ketones is 1. The Morgan fingerprint density at radius 3 is 2.60 bits per heavy atom. The highest BCUT2D eigenvalue weighted by Gasteiger charge is 2.29. The Kier molecular flexibility index (Phi) is 2.10. The molecule has 0 aromatic heterocycles. The number of benzene rings is 1. The molecule has 0 saturated heterocycles. The molecule has 0 fully saturated rings. The van der Waals surface area contributed by atoms with Gasteiger partial charge in [-0.15, -0.1) is 0 Å². The van der Waals surface area contributed by atoms with Gasteiger partial charge in [0.25, 0.3) is 0 Å². The molecule has 0 spiro atoms. The van der Waals surface area contributed by atoms with Gasteiger partial charge in [-0.2, -0.15) is 0 Å². The van der Waals surface area contributed by atoms with E-state index in [9.17, 15) is 18.0 Å². The first-order chi connectivity index (χ1) is 7.02. The number of carbonyl (C=O) groups is 1. The quantitative estimate of drug-likeness (QED) is 0.609. The van der Waals surface area contributed by atoms with E-state index < -0.39 is 40.4 Å². The summed E-state index contributed by atoms with van der Waals surface area (Å²) in [6, 6.07) is 0.384. The van der Waals surface area contributed by atoms with Crippen LogP contribution in [0.15, 0.2) is 11.1 Å². The van der Waals surface area contributed by atoms with Crippen molar-refractivity contribution in [1.29, 1.82) is 0 Å². The SMILES string of the molecule is CC1C=Nc2c(F)cc(F)c(F)c2C1=O. The van der Waals surface area contributed by atoms with Crippen molar-refractivity contribution in [1.82, 2.24) is 0 Å². The molecule has 0 amide bonds. The summed E-state index contributed by atoms with van der Waals surface area (Å²) in [5.41, 5.74) is -1.01. The number of Topliss-reactive ketones (excluding diaryl/α,β-unsaturated/α-hetero) is 1. The lowest BCUT2D eigenvalue weighted by Crippen LogP contribution is -2.19. The van der Waals surface area contributed by atoms with E-state index in [1.54, 1.807) is 0 Å². The van der Waals surface area contributed by atoms with E-state index in [2.05, 4.69) is 4.99 Å². The third-order valence-electron chi connectivity index (χ3n) is 2.23. The topological polar surface area (TPSA) is 29.4 Å². The largest absolute Gasteiger partial charge is 0.293 e. The molecule has 0 aliphatic carbocycles. The van der Waals surface area contributed by atoms with Gasteiger partial charge in [0.2, 0.25) is 0 Å². The molecule has 1 aliphatic rings. The molecule has 78 valence electrons. The van der Waals surface area contributed by atoms with Gasteiger partial charge in [-0.25, -0.2) is 13.2 Å². The van der Waals surface area contributed by atoms with Gasteiger partial charge in [0.15, 0.2) is 23.2 Å². The van der Waals surface area contributed by atoms with Crippen molar-refractivity contribution >= 4 is 17.7 Å². The van der Waals surface area contributed by atoms with Crippen LogP contribution >= 0.6 is 0 Å². The summed E-state index contributed by atoms with van der Waals surface area (Å²) in [5.74, 6) is -5.05. The first-order valence-electron chi connectivity index (χ1n) is 4.28. The lowest BCUT2D eigenvalue weighted by molar-refractivity contribution is 0.0956. The molecule has 0 radical (unpaired) electrons. The fourth-order valence-corrected chi connectivity index (χ4v) is 1.42. The van der Waals surface area contributed by atoms with Crippen LogP contribution in [0.5, 0.6) is 0 Å². The summed E-state index contributed by atoms with van der Waals surface area (Å²) < 4.78 is 39.2. The molecule has 1 atom stereocenters. The summed E-state index contributed by atoms with van der Waals surface area (Å²) in [5, 5.41) is 0. The first kappa shape index (κ1) is 9.89. The second kappa shape index (κ2) is 3.18. The minimum atomic E-state index is -1.37. The molecular formula is C10H6F3NO. The maximum absolute atomic E-state index is 13.3. The number of nitrogens with zero attached hydrogens (tertiary/aromatic N) is 1. The zero-order valence-corrected chi connectivity index (χ0v) is 7.72. The monoisotopic (exact) mass is 213 g/mol. The van der Waals surface area contributed by atoms with Crippen molar-refractivity contribution in [3.05, 3.63) is 29.1 Å². The van der Waals surface area contributed by atoms with Gasteiger partial charge < -0.3 is 0 Å². The number of hydrogen-bond donors (Lipinski definition) is 0. The van der Waals surface area contributed by atoms with Gasteiger partial charge in [-0.05, 0) is 0 Å². The van der Waals surface area contributed by atoms with Crippen LogP contribution in [0.25, 0.3) is 0 Å². The summed E-state index contributed by atoms with van der Waals surface area (Å²) in [6.45, 7) is 1.48. The van der Waals surface area contributed by atoms with E-state index >= 15 is 0 Å². The Morgan fingerprint density at radius 2 is 1.93 bits per heavy atom. The number of hydrogen-bond acceptors (Lipinski definition) is 2. The number of halogens is 3. The second-order valence-electron chi connectivity index (χ2n) is 3.31. The van der Waals surface area contributed by atoms with Gasteiger partial charge in [0.1, 0.15) is 5.69 Å². The van der Waals surface area contributed by atoms with Gasteiger partial charge in [0.05, 0.1) is 11.5 Å². The number of aliphatic imine (C=N–C) groups is 1. The normalized spacial score (nSPS) is 19.2. The first-order valence-corrected chi connectivity index (χ1v) is 4.28. The van der Waals surface area contributed by atoms with Gasteiger partial charge in [0, 0.05) is 12.3 Å². The molecular weight excluding hydrogens is 207 g/mol. The highest BCUT2D eigenvalue weighted by Crippen LogP contribution is 2.32. The highest BCUT2D eigenvalue weighted by atomic mass is 19.2. The van der Waals surface area contributed by atoms with E-state index in [1.165, 1.54) is 13.1 Å². The predicted molar refractivity (Wildman–Crippen MR) is 48.0 cm³/mol. The second-order valence-corrected chi connectivity index (χ2v) is 3.31. The number of rotatable bonds is 0. The maximum Gasteiger partial charge on any atom is 0.176 e. The van der Waals surface area contributed by atoms with Crippen molar-refractivity contribution in [3.8, 4) is 0 Å². The third kappa shape index (κ3) is 1.35. The van der Waals surface area contributed by atoms with Crippen LogP contribution in [0.1, 0.15) is 17.3 Å². The molecule has 1 aromatic rings. The Balaban J connectivity index is 2.78. The van der Waals surface area contributed by atoms with Crippen LogP contribution in [0.3, 0.4) is 0 Å². The third-order valence-corrected chi connectivity index (χ3v) is 2.23. The van der Waals surface area contributed by atoms with E-state index in [4.69, 9.17) is 0 Å². The maximum atomic E-state index is 13.3. The average Bonchev–Trinajstić information content (AvgIpc) is 2.19. The van der Waals surface area contributed by atoms with Crippen molar-refractivity contribution in [2.75, 3.05) is 0 Å². The molecule has 0 saturated carbocycles. The Labute approximate surface area is 83.4 Å². The molecule has 1 aliphatic heterocycles. The molecule has 0 N–H and O–H groups in total. The average molecular weight is 213 g/mol. The molecule has 5 heteroatoms. The molecule has 2 rings (SSSR count). The van der Waals surface area contributed by atoms with Crippen LogP contribution in [-0.4, -0.2) is 12.0 Å². The number of fused-ring (bicyclic) bond motifs is 1.